The van der Waals surface area contributed by atoms with E-state index in [1.54, 1.807) is 0 Å². The van der Waals surface area contributed by atoms with Crippen LogP contribution in [0.2, 0.25) is 0 Å². The third-order valence-corrected chi connectivity index (χ3v) is 4.70. The number of halogens is 1. The summed E-state index contributed by atoms with van der Waals surface area (Å²) in [4.78, 5) is 10.9. The number of nitrogens with one attached hydrogen (secondary N) is 2. The third-order valence-electron chi connectivity index (χ3n) is 2.55. The molecule has 0 fully saturated rings. The standard InChI is InChI=1S/C12H17BrN2O4S/c1-2-14-6-3-7-15-20(18,19)9-4-5-11(13)10(8-9)12(16)17/h4-5,8,14-15H,2-3,6-7H2,1H3,(H,16,17). The van der Waals surface area contributed by atoms with Gasteiger partial charge in [0.25, 0.3) is 0 Å². The van der Waals surface area contributed by atoms with Crippen molar-refractivity contribution in [3.8, 4) is 0 Å². The van der Waals surface area contributed by atoms with Crippen molar-refractivity contribution in [3.05, 3.63) is 28.2 Å². The maximum absolute atomic E-state index is 12.0. The van der Waals surface area contributed by atoms with Crippen LogP contribution in [-0.4, -0.2) is 39.1 Å². The van der Waals surface area contributed by atoms with E-state index in [4.69, 9.17) is 5.11 Å². The highest BCUT2D eigenvalue weighted by atomic mass is 79.9. The largest absolute Gasteiger partial charge is 0.478 e. The first kappa shape index (κ1) is 17.1. The Bertz CT molecular complexity index is 575. The number of hydrogen-bond acceptors (Lipinski definition) is 4. The van der Waals surface area contributed by atoms with Gasteiger partial charge in [-0.25, -0.2) is 17.9 Å². The summed E-state index contributed by atoms with van der Waals surface area (Å²) < 4.78 is 26.8. The molecular formula is C12H17BrN2O4S. The topological polar surface area (TPSA) is 95.5 Å². The molecule has 1 aromatic carbocycles. The summed E-state index contributed by atoms with van der Waals surface area (Å²) in [6.07, 6.45) is 0.662. The summed E-state index contributed by atoms with van der Waals surface area (Å²) in [5.41, 5.74) is -0.0828. The van der Waals surface area contributed by atoms with Crippen molar-refractivity contribution in [1.82, 2.24) is 10.0 Å². The van der Waals surface area contributed by atoms with E-state index in [1.807, 2.05) is 6.92 Å². The monoisotopic (exact) mass is 364 g/mol. The highest BCUT2D eigenvalue weighted by Crippen LogP contribution is 2.20. The van der Waals surface area contributed by atoms with Crippen molar-refractivity contribution in [2.75, 3.05) is 19.6 Å². The van der Waals surface area contributed by atoms with Crippen LogP contribution in [0, 0.1) is 0 Å². The van der Waals surface area contributed by atoms with Crippen LogP contribution in [0.15, 0.2) is 27.6 Å². The average Bonchev–Trinajstić information content (AvgIpc) is 2.38. The van der Waals surface area contributed by atoms with Crippen molar-refractivity contribution < 1.29 is 18.3 Å². The predicted octanol–water partition coefficient (Wildman–Crippen LogP) is 1.43. The zero-order valence-electron chi connectivity index (χ0n) is 11.0. The SMILES string of the molecule is CCNCCCNS(=O)(=O)c1ccc(Br)c(C(=O)O)c1. The van der Waals surface area contributed by atoms with Crippen LogP contribution in [0.3, 0.4) is 0 Å². The number of rotatable bonds is 8. The minimum atomic E-state index is -3.68. The molecule has 3 N–H and O–H groups in total. The summed E-state index contributed by atoms with van der Waals surface area (Å²) in [7, 11) is -3.68. The molecule has 0 saturated carbocycles. The molecule has 0 heterocycles. The maximum atomic E-state index is 12.0. The summed E-state index contributed by atoms with van der Waals surface area (Å²) >= 11 is 3.07. The minimum Gasteiger partial charge on any atom is -0.478 e. The fourth-order valence-corrected chi connectivity index (χ4v) is 3.03. The number of benzene rings is 1. The van der Waals surface area contributed by atoms with Gasteiger partial charge in [-0.3, -0.25) is 0 Å². The second-order valence-corrected chi connectivity index (χ2v) is 6.67. The van der Waals surface area contributed by atoms with Gasteiger partial charge in [-0.15, -0.1) is 0 Å². The van der Waals surface area contributed by atoms with E-state index in [2.05, 4.69) is 26.0 Å². The van der Waals surface area contributed by atoms with Crippen LogP contribution >= 0.6 is 15.9 Å². The molecule has 0 saturated heterocycles. The molecule has 112 valence electrons. The van der Waals surface area contributed by atoms with Gasteiger partial charge < -0.3 is 10.4 Å². The third kappa shape index (κ3) is 4.86. The molecule has 0 atom stereocenters. The van der Waals surface area contributed by atoms with Gasteiger partial charge in [-0.1, -0.05) is 6.92 Å². The summed E-state index contributed by atoms with van der Waals surface area (Å²) in [6, 6.07) is 3.92. The highest BCUT2D eigenvalue weighted by molar-refractivity contribution is 9.10. The van der Waals surface area contributed by atoms with Crippen LogP contribution in [-0.2, 0) is 10.0 Å². The lowest BCUT2D eigenvalue weighted by Crippen LogP contribution is -2.27. The van der Waals surface area contributed by atoms with E-state index < -0.39 is 16.0 Å². The van der Waals surface area contributed by atoms with Gasteiger partial charge in [-0.05, 0) is 53.6 Å². The van der Waals surface area contributed by atoms with Gasteiger partial charge in [0.05, 0.1) is 10.5 Å². The molecule has 0 aliphatic carbocycles. The number of carbonyl (C=O) groups is 1. The second kappa shape index (κ2) is 7.72. The fraction of sp³-hybridized carbons (Fsp3) is 0.417. The molecule has 0 aliphatic heterocycles. The van der Waals surface area contributed by atoms with Gasteiger partial charge in [-0.2, -0.15) is 0 Å². The van der Waals surface area contributed by atoms with Crippen LogP contribution < -0.4 is 10.0 Å². The van der Waals surface area contributed by atoms with E-state index in [-0.39, 0.29) is 10.5 Å². The van der Waals surface area contributed by atoms with Gasteiger partial charge in [0.2, 0.25) is 10.0 Å². The van der Waals surface area contributed by atoms with Gasteiger partial charge >= 0.3 is 5.97 Å². The molecule has 0 radical (unpaired) electrons. The van der Waals surface area contributed by atoms with Gasteiger partial charge in [0.1, 0.15) is 0 Å². The average molecular weight is 365 g/mol. The van der Waals surface area contributed by atoms with Crippen LogP contribution in [0.25, 0.3) is 0 Å². The molecule has 0 aromatic heterocycles. The Balaban J connectivity index is 2.77. The molecule has 1 rings (SSSR count). The van der Waals surface area contributed by atoms with Crippen LogP contribution in [0.1, 0.15) is 23.7 Å². The smallest absolute Gasteiger partial charge is 0.336 e. The lowest BCUT2D eigenvalue weighted by Gasteiger charge is -2.08. The summed E-state index contributed by atoms with van der Waals surface area (Å²) in [5, 5.41) is 12.1. The summed E-state index contributed by atoms with van der Waals surface area (Å²) in [6.45, 7) is 3.83. The van der Waals surface area contributed by atoms with Crippen LogP contribution in [0.5, 0.6) is 0 Å². The molecular weight excluding hydrogens is 348 g/mol. The summed E-state index contributed by atoms with van der Waals surface area (Å²) in [5.74, 6) is -1.18. The number of sulfonamides is 1. The minimum absolute atomic E-state index is 0.0541. The zero-order chi connectivity index (χ0) is 15.2. The molecule has 0 bridgehead atoms. The first-order chi connectivity index (χ1) is 9.38. The Labute approximate surface area is 126 Å². The number of aromatic carboxylic acids is 1. The number of carboxylic acids is 1. The van der Waals surface area contributed by atoms with Gasteiger partial charge in [0, 0.05) is 11.0 Å². The molecule has 0 amide bonds. The van der Waals surface area contributed by atoms with Gasteiger partial charge in [0.15, 0.2) is 0 Å². The first-order valence-electron chi connectivity index (χ1n) is 6.11. The molecule has 0 aliphatic rings. The maximum Gasteiger partial charge on any atom is 0.336 e. The zero-order valence-corrected chi connectivity index (χ0v) is 13.4. The quantitative estimate of drug-likeness (QED) is 0.606. The Morgan fingerprint density at radius 3 is 2.65 bits per heavy atom. The van der Waals surface area contributed by atoms with Crippen molar-refractivity contribution >= 4 is 31.9 Å². The molecule has 6 nitrogen and oxygen atoms in total. The van der Waals surface area contributed by atoms with E-state index in [1.165, 1.54) is 12.1 Å². The fourth-order valence-electron chi connectivity index (χ4n) is 1.52. The lowest BCUT2D eigenvalue weighted by atomic mass is 10.2. The van der Waals surface area contributed by atoms with E-state index in [0.29, 0.717) is 17.4 Å². The number of hydrogen-bond donors (Lipinski definition) is 3. The second-order valence-electron chi connectivity index (χ2n) is 4.05. The molecule has 0 unspecified atom stereocenters. The molecule has 8 heteroatoms. The highest BCUT2D eigenvalue weighted by Gasteiger charge is 2.17. The molecule has 1 aromatic rings. The van der Waals surface area contributed by atoms with Crippen molar-refractivity contribution in [1.29, 1.82) is 0 Å². The van der Waals surface area contributed by atoms with E-state index >= 15 is 0 Å². The van der Waals surface area contributed by atoms with Crippen LogP contribution in [0.4, 0.5) is 0 Å². The van der Waals surface area contributed by atoms with Crippen molar-refractivity contribution in [3.63, 3.8) is 0 Å². The number of carboxylic acid groups (broad SMARTS) is 1. The van der Waals surface area contributed by atoms with Crippen molar-refractivity contribution in [2.45, 2.75) is 18.2 Å². The Kier molecular flexibility index (Phi) is 6.60. The Morgan fingerprint density at radius 1 is 1.35 bits per heavy atom. The Hall–Kier alpha value is -0.960. The van der Waals surface area contributed by atoms with E-state index in [9.17, 15) is 13.2 Å². The van der Waals surface area contributed by atoms with E-state index in [0.717, 1.165) is 19.2 Å². The van der Waals surface area contributed by atoms with Crippen molar-refractivity contribution in [2.24, 2.45) is 0 Å². The Morgan fingerprint density at radius 2 is 2.05 bits per heavy atom. The molecule has 20 heavy (non-hydrogen) atoms. The molecule has 0 spiro atoms. The lowest BCUT2D eigenvalue weighted by molar-refractivity contribution is 0.0695. The first-order valence-corrected chi connectivity index (χ1v) is 8.39. The normalized spacial score (nSPS) is 11.5. The predicted molar refractivity (Wildman–Crippen MR) is 79.5 cm³/mol.